The second-order valence-electron chi connectivity index (χ2n) is 6.92. The fourth-order valence-electron chi connectivity index (χ4n) is 3.71. The van der Waals surface area contributed by atoms with Gasteiger partial charge in [0.2, 0.25) is 5.08 Å². The maximum Gasteiger partial charge on any atom is 0.284 e. The molecule has 0 saturated heterocycles. The van der Waals surface area contributed by atoms with Gasteiger partial charge in [-0.05, 0) is 51.4 Å². The predicted molar refractivity (Wildman–Crippen MR) is 87.7 cm³/mol. The van der Waals surface area contributed by atoms with Crippen molar-refractivity contribution in [3.63, 3.8) is 0 Å². The summed E-state index contributed by atoms with van der Waals surface area (Å²) in [5, 5.41) is -1.10. The van der Waals surface area contributed by atoms with E-state index in [1.807, 2.05) is 0 Å². The van der Waals surface area contributed by atoms with E-state index in [0.717, 1.165) is 51.4 Å². The molecule has 0 spiro atoms. The zero-order valence-electron chi connectivity index (χ0n) is 13.9. The van der Waals surface area contributed by atoms with Gasteiger partial charge in [-0.3, -0.25) is 8.37 Å². The SMILES string of the molecule is CC(OS(=O)(=O)CS(=O)(=O)OC(C)C1CCCC1)C1CCCC1. The molecule has 2 aliphatic carbocycles. The Bertz CT molecular complexity index is 519. The Labute approximate surface area is 140 Å². The zero-order chi connectivity index (χ0) is 17.1. The van der Waals surface area contributed by atoms with E-state index in [9.17, 15) is 16.8 Å². The van der Waals surface area contributed by atoms with E-state index in [-0.39, 0.29) is 11.8 Å². The van der Waals surface area contributed by atoms with Gasteiger partial charge in [-0.15, -0.1) is 0 Å². The molecule has 0 heterocycles. The van der Waals surface area contributed by atoms with Gasteiger partial charge in [0.15, 0.2) is 0 Å². The first-order valence-corrected chi connectivity index (χ1v) is 11.7. The quantitative estimate of drug-likeness (QED) is 0.612. The number of hydrogen-bond acceptors (Lipinski definition) is 6. The normalized spacial score (nSPS) is 24.1. The van der Waals surface area contributed by atoms with Gasteiger partial charge in [0.25, 0.3) is 20.2 Å². The van der Waals surface area contributed by atoms with Crippen LogP contribution in [-0.2, 0) is 28.6 Å². The average Bonchev–Trinajstić information content (AvgIpc) is 3.10. The van der Waals surface area contributed by atoms with Crippen LogP contribution in [0.25, 0.3) is 0 Å². The third-order valence-electron chi connectivity index (χ3n) is 5.01. The highest BCUT2D eigenvalue weighted by molar-refractivity contribution is 8.03. The third kappa shape index (κ3) is 5.99. The van der Waals surface area contributed by atoms with E-state index < -0.39 is 37.5 Å². The molecule has 136 valence electrons. The molecule has 2 rings (SSSR count). The maximum absolute atomic E-state index is 12.0. The first kappa shape index (κ1) is 19.1. The summed E-state index contributed by atoms with van der Waals surface area (Å²) in [6.45, 7) is 3.39. The van der Waals surface area contributed by atoms with Crippen LogP contribution in [0.3, 0.4) is 0 Å². The molecule has 2 unspecified atom stereocenters. The molecule has 2 atom stereocenters. The summed E-state index contributed by atoms with van der Waals surface area (Å²) in [4.78, 5) is 0. The molecular formula is C15H28O6S2. The molecule has 0 amide bonds. The predicted octanol–water partition coefficient (Wildman–Crippen LogP) is 2.79. The fourth-order valence-corrected chi connectivity index (χ4v) is 6.80. The lowest BCUT2D eigenvalue weighted by Gasteiger charge is -2.21. The number of hydrogen-bond donors (Lipinski definition) is 0. The van der Waals surface area contributed by atoms with Gasteiger partial charge in [0.1, 0.15) is 0 Å². The smallest absolute Gasteiger partial charge is 0.266 e. The molecule has 0 N–H and O–H groups in total. The summed E-state index contributed by atoms with van der Waals surface area (Å²) in [5.41, 5.74) is 0. The monoisotopic (exact) mass is 368 g/mol. The molecule has 0 aromatic heterocycles. The van der Waals surface area contributed by atoms with Crippen molar-refractivity contribution in [2.45, 2.75) is 77.4 Å². The Morgan fingerprint density at radius 3 is 1.35 bits per heavy atom. The standard InChI is InChI=1S/C15H28O6S2/c1-12(14-7-3-4-8-14)20-22(16,17)11-23(18,19)21-13(2)15-9-5-6-10-15/h12-15H,3-11H2,1-2H3. The van der Waals surface area contributed by atoms with Crippen molar-refractivity contribution in [3.8, 4) is 0 Å². The van der Waals surface area contributed by atoms with Crippen molar-refractivity contribution in [1.29, 1.82) is 0 Å². The first-order valence-electron chi connectivity index (χ1n) is 8.50. The Kier molecular flexibility index (Phi) is 6.49. The molecule has 0 aromatic carbocycles. The molecule has 8 heteroatoms. The third-order valence-corrected chi connectivity index (χ3v) is 8.52. The summed E-state index contributed by atoms with van der Waals surface area (Å²) >= 11 is 0. The summed E-state index contributed by atoms with van der Waals surface area (Å²) in [6.07, 6.45) is 7.03. The Morgan fingerprint density at radius 1 is 0.739 bits per heavy atom. The van der Waals surface area contributed by atoms with E-state index in [0.29, 0.717) is 0 Å². The van der Waals surface area contributed by atoms with Crippen LogP contribution in [0.2, 0.25) is 0 Å². The second-order valence-corrected chi connectivity index (χ2v) is 10.5. The molecule has 2 fully saturated rings. The van der Waals surface area contributed by atoms with Gasteiger partial charge < -0.3 is 0 Å². The van der Waals surface area contributed by atoms with Gasteiger partial charge in [0, 0.05) is 0 Å². The number of rotatable bonds is 8. The zero-order valence-corrected chi connectivity index (χ0v) is 15.6. The van der Waals surface area contributed by atoms with Gasteiger partial charge >= 0.3 is 0 Å². The lowest BCUT2D eigenvalue weighted by molar-refractivity contribution is 0.157. The van der Waals surface area contributed by atoms with Gasteiger partial charge in [-0.2, -0.15) is 16.8 Å². The van der Waals surface area contributed by atoms with Crippen molar-refractivity contribution in [2.24, 2.45) is 11.8 Å². The lowest BCUT2D eigenvalue weighted by atomic mass is 10.0. The van der Waals surface area contributed by atoms with Crippen LogP contribution in [-0.4, -0.2) is 34.1 Å². The van der Waals surface area contributed by atoms with Crippen LogP contribution >= 0.6 is 0 Å². The van der Waals surface area contributed by atoms with E-state index in [2.05, 4.69) is 0 Å². The Balaban J connectivity index is 1.89. The van der Waals surface area contributed by atoms with Crippen molar-refractivity contribution in [2.75, 3.05) is 5.08 Å². The van der Waals surface area contributed by atoms with Crippen LogP contribution in [0.15, 0.2) is 0 Å². The summed E-state index contributed by atoms with van der Waals surface area (Å²) in [5.74, 6) is 0.372. The highest BCUT2D eigenvalue weighted by Gasteiger charge is 2.33. The molecule has 0 radical (unpaired) electrons. The first-order chi connectivity index (χ1) is 10.7. The van der Waals surface area contributed by atoms with E-state index >= 15 is 0 Å². The largest absolute Gasteiger partial charge is 0.284 e. The van der Waals surface area contributed by atoms with Crippen LogP contribution in [0.5, 0.6) is 0 Å². The Morgan fingerprint density at radius 2 is 1.04 bits per heavy atom. The molecular weight excluding hydrogens is 340 g/mol. The highest BCUT2D eigenvalue weighted by atomic mass is 32.3. The minimum atomic E-state index is -4.16. The van der Waals surface area contributed by atoms with Crippen molar-refractivity contribution in [3.05, 3.63) is 0 Å². The van der Waals surface area contributed by atoms with Gasteiger partial charge in [-0.25, -0.2) is 0 Å². The van der Waals surface area contributed by atoms with Crippen molar-refractivity contribution in [1.82, 2.24) is 0 Å². The summed E-state index contributed by atoms with van der Waals surface area (Å²) < 4.78 is 58.3. The molecule has 0 aromatic rings. The fraction of sp³-hybridized carbons (Fsp3) is 1.00. The van der Waals surface area contributed by atoms with E-state index in [1.165, 1.54) is 0 Å². The molecule has 0 bridgehead atoms. The molecule has 0 aliphatic heterocycles. The van der Waals surface area contributed by atoms with Crippen LogP contribution in [0, 0.1) is 11.8 Å². The molecule has 2 saturated carbocycles. The lowest BCUT2D eigenvalue weighted by Crippen LogP contribution is -2.30. The average molecular weight is 369 g/mol. The molecule has 23 heavy (non-hydrogen) atoms. The van der Waals surface area contributed by atoms with Gasteiger partial charge in [-0.1, -0.05) is 25.7 Å². The van der Waals surface area contributed by atoms with Crippen LogP contribution in [0.1, 0.15) is 65.2 Å². The van der Waals surface area contributed by atoms with E-state index in [1.54, 1.807) is 13.8 Å². The molecule has 2 aliphatic rings. The minimum absolute atomic E-state index is 0.186. The topological polar surface area (TPSA) is 86.7 Å². The summed E-state index contributed by atoms with van der Waals surface area (Å²) in [7, 11) is -8.32. The minimum Gasteiger partial charge on any atom is -0.266 e. The van der Waals surface area contributed by atoms with Gasteiger partial charge in [0.05, 0.1) is 12.2 Å². The van der Waals surface area contributed by atoms with Crippen molar-refractivity contribution >= 4 is 20.2 Å². The van der Waals surface area contributed by atoms with E-state index in [4.69, 9.17) is 8.37 Å². The summed E-state index contributed by atoms with van der Waals surface area (Å²) in [6, 6.07) is 0. The van der Waals surface area contributed by atoms with Crippen LogP contribution < -0.4 is 0 Å². The second kappa shape index (κ2) is 7.80. The maximum atomic E-state index is 12.0. The Hall–Kier alpha value is -0.180. The molecule has 6 nitrogen and oxygen atoms in total. The van der Waals surface area contributed by atoms with Crippen molar-refractivity contribution < 1.29 is 25.2 Å². The van der Waals surface area contributed by atoms with Crippen LogP contribution in [0.4, 0.5) is 0 Å². The highest BCUT2D eigenvalue weighted by Crippen LogP contribution is 2.31.